The number of alkyl halides is 3. The van der Waals surface area contributed by atoms with Crippen molar-refractivity contribution in [1.29, 1.82) is 0 Å². The summed E-state index contributed by atoms with van der Waals surface area (Å²) in [5.41, 5.74) is -1.11. The first-order chi connectivity index (χ1) is 8.72. The summed E-state index contributed by atoms with van der Waals surface area (Å²) in [7, 11) is -2.40. The van der Waals surface area contributed by atoms with E-state index in [1.165, 1.54) is 12.1 Å². The van der Waals surface area contributed by atoms with Crippen molar-refractivity contribution >= 4 is 9.84 Å². The summed E-state index contributed by atoms with van der Waals surface area (Å²) in [4.78, 5) is -0.656. The van der Waals surface area contributed by atoms with Gasteiger partial charge in [-0.05, 0) is 25.6 Å². The molecule has 0 saturated carbocycles. The van der Waals surface area contributed by atoms with Crippen molar-refractivity contribution in [3.63, 3.8) is 0 Å². The van der Waals surface area contributed by atoms with Crippen molar-refractivity contribution in [2.75, 3.05) is 12.8 Å². The third kappa shape index (κ3) is 3.94. The molecule has 3 nitrogen and oxygen atoms in total. The Kier molecular flexibility index (Phi) is 4.98. The number of benzene rings is 1. The molecule has 1 unspecified atom stereocenters. The zero-order chi connectivity index (χ0) is 14.7. The highest BCUT2D eigenvalue weighted by atomic mass is 32.2. The van der Waals surface area contributed by atoms with Crippen molar-refractivity contribution in [2.24, 2.45) is 0 Å². The quantitative estimate of drug-likeness (QED) is 0.907. The fourth-order valence-corrected chi connectivity index (χ4v) is 3.65. The predicted octanol–water partition coefficient (Wildman–Crippen LogP) is 2.48. The molecule has 1 rings (SSSR count). The topological polar surface area (TPSA) is 46.2 Å². The number of sulfone groups is 1. The molecule has 1 aromatic rings. The maximum Gasteiger partial charge on any atom is 0.417 e. The number of rotatable bonds is 5. The molecule has 0 heterocycles. The maximum absolute atomic E-state index is 12.8. The van der Waals surface area contributed by atoms with Crippen LogP contribution < -0.4 is 5.32 Å². The average molecular weight is 295 g/mol. The molecule has 0 fully saturated rings. The first-order valence-corrected chi connectivity index (χ1v) is 7.43. The molecule has 0 saturated heterocycles. The Bertz CT molecular complexity index is 522. The van der Waals surface area contributed by atoms with E-state index in [1.54, 1.807) is 14.0 Å². The molecule has 1 N–H and O–H groups in total. The Balaban J connectivity index is 3.23. The van der Waals surface area contributed by atoms with E-state index in [2.05, 4.69) is 5.32 Å². The third-order valence-electron chi connectivity index (χ3n) is 2.85. The van der Waals surface area contributed by atoms with E-state index in [1.807, 2.05) is 0 Å². The fourth-order valence-electron chi connectivity index (χ4n) is 1.73. The lowest BCUT2D eigenvalue weighted by molar-refractivity contribution is -0.139. The Morgan fingerprint density at radius 2 is 1.84 bits per heavy atom. The van der Waals surface area contributed by atoms with Crippen LogP contribution >= 0.6 is 0 Å². The van der Waals surface area contributed by atoms with Crippen LogP contribution in [0, 0.1) is 0 Å². The lowest BCUT2D eigenvalue weighted by atomic mass is 10.2. The normalized spacial score (nSPS) is 14.4. The molecule has 7 heteroatoms. The summed E-state index contributed by atoms with van der Waals surface area (Å²) >= 11 is 0. The van der Waals surface area contributed by atoms with Crippen LogP contribution in [-0.2, 0) is 16.0 Å². The smallest absolute Gasteiger partial charge is 0.316 e. The van der Waals surface area contributed by atoms with E-state index in [9.17, 15) is 21.6 Å². The van der Waals surface area contributed by atoms with E-state index < -0.39 is 26.5 Å². The van der Waals surface area contributed by atoms with Gasteiger partial charge in [0.15, 0.2) is 9.84 Å². The second-order valence-corrected chi connectivity index (χ2v) is 6.17. The molecular weight excluding hydrogens is 279 g/mol. The molecule has 19 heavy (non-hydrogen) atoms. The van der Waals surface area contributed by atoms with E-state index in [0.717, 1.165) is 12.1 Å². The predicted molar refractivity (Wildman–Crippen MR) is 66.6 cm³/mol. The molecule has 0 bridgehead atoms. The summed E-state index contributed by atoms with van der Waals surface area (Å²) in [5, 5.41) is 2.78. The van der Waals surface area contributed by atoms with Gasteiger partial charge in [0, 0.05) is 6.04 Å². The Morgan fingerprint density at radius 3 is 2.32 bits per heavy atom. The summed E-state index contributed by atoms with van der Waals surface area (Å²) in [6.07, 6.45) is -4.16. The van der Waals surface area contributed by atoms with Crippen molar-refractivity contribution in [3.8, 4) is 0 Å². The van der Waals surface area contributed by atoms with Crippen molar-refractivity contribution in [1.82, 2.24) is 5.32 Å². The van der Waals surface area contributed by atoms with Crippen molar-refractivity contribution in [3.05, 3.63) is 29.8 Å². The van der Waals surface area contributed by atoms with Crippen LogP contribution in [-0.4, -0.2) is 27.3 Å². The van der Waals surface area contributed by atoms with Crippen molar-refractivity contribution < 1.29 is 21.6 Å². The SMILES string of the molecule is CCC(CS(=O)(=O)c1ccccc1C(F)(F)F)NC. The van der Waals surface area contributed by atoms with Crippen LogP contribution in [0.1, 0.15) is 18.9 Å². The first kappa shape index (κ1) is 16.0. The molecule has 0 radical (unpaired) electrons. The van der Waals surface area contributed by atoms with Crippen LogP contribution in [0.5, 0.6) is 0 Å². The lowest BCUT2D eigenvalue weighted by Crippen LogP contribution is -2.33. The van der Waals surface area contributed by atoms with E-state index >= 15 is 0 Å². The Labute approximate surface area is 110 Å². The van der Waals surface area contributed by atoms with Gasteiger partial charge in [-0.1, -0.05) is 19.1 Å². The number of nitrogens with one attached hydrogen (secondary N) is 1. The summed E-state index contributed by atoms with van der Waals surface area (Å²) < 4.78 is 62.6. The number of halogens is 3. The minimum Gasteiger partial charge on any atom is -0.316 e. The molecule has 0 aliphatic rings. The molecule has 1 atom stereocenters. The van der Waals surface area contributed by atoms with Gasteiger partial charge in [-0.3, -0.25) is 0 Å². The van der Waals surface area contributed by atoms with Crippen molar-refractivity contribution in [2.45, 2.75) is 30.5 Å². The van der Waals surface area contributed by atoms with Gasteiger partial charge in [0.2, 0.25) is 0 Å². The second-order valence-electron chi connectivity index (χ2n) is 4.17. The maximum atomic E-state index is 12.8. The third-order valence-corrected chi connectivity index (χ3v) is 4.72. The van der Waals surface area contributed by atoms with Gasteiger partial charge in [-0.25, -0.2) is 8.42 Å². The molecule has 1 aromatic carbocycles. The highest BCUT2D eigenvalue weighted by molar-refractivity contribution is 7.91. The van der Waals surface area contributed by atoms with Crippen LogP contribution in [0.2, 0.25) is 0 Å². The summed E-state index contributed by atoms with van der Waals surface area (Å²) in [6, 6.07) is 3.89. The van der Waals surface area contributed by atoms with Gasteiger partial charge in [0.05, 0.1) is 16.2 Å². The molecule has 0 aromatic heterocycles. The highest BCUT2D eigenvalue weighted by Crippen LogP contribution is 2.34. The van der Waals surface area contributed by atoms with Crippen LogP contribution in [0.3, 0.4) is 0 Å². The first-order valence-electron chi connectivity index (χ1n) is 5.78. The molecule has 0 spiro atoms. The van der Waals surface area contributed by atoms with Gasteiger partial charge < -0.3 is 5.32 Å². The fraction of sp³-hybridized carbons (Fsp3) is 0.500. The minimum absolute atomic E-state index is 0.354. The standard InChI is InChI=1S/C12H16F3NO2S/c1-3-9(16-2)8-19(17,18)11-7-5-4-6-10(11)12(13,14)15/h4-7,9,16H,3,8H2,1-2H3. The largest absolute Gasteiger partial charge is 0.417 e. The van der Waals surface area contributed by atoms with Crippen LogP contribution in [0.4, 0.5) is 13.2 Å². The summed E-state index contributed by atoms with van der Waals surface area (Å²) in [6.45, 7) is 1.77. The van der Waals surface area contributed by atoms with Gasteiger partial charge in [-0.15, -0.1) is 0 Å². The van der Waals surface area contributed by atoms with Gasteiger partial charge in [0.25, 0.3) is 0 Å². The molecule has 0 aliphatic heterocycles. The number of hydrogen-bond donors (Lipinski definition) is 1. The average Bonchev–Trinajstić information content (AvgIpc) is 2.35. The molecular formula is C12H16F3NO2S. The minimum atomic E-state index is -4.68. The molecule has 0 amide bonds. The molecule has 108 valence electrons. The van der Waals surface area contributed by atoms with Gasteiger partial charge in [0.1, 0.15) is 0 Å². The van der Waals surface area contributed by atoms with Gasteiger partial charge in [-0.2, -0.15) is 13.2 Å². The monoisotopic (exact) mass is 295 g/mol. The zero-order valence-corrected chi connectivity index (χ0v) is 11.5. The van der Waals surface area contributed by atoms with Crippen LogP contribution in [0.15, 0.2) is 29.2 Å². The molecule has 0 aliphatic carbocycles. The lowest BCUT2D eigenvalue weighted by Gasteiger charge is -2.17. The van der Waals surface area contributed by atoms with E-state index in [4.69, 9.17) is 0 Å². The van der Waals surface area contributed by atoms with Gasteiger partial charge >= 0.3 is 6.18 Å². The highest BCUT2D eigenvalue weighted by Gasteiger charge is 2.37. The Hall–Kier alpha value is -1.08. The second kappa shape index (κ2) is 5.92. The Morgan fingerprint density at radius 1 is 1.26 bits per heavy atom. The van der Waals surface area contributed by atoms with E-state index in [-0.39, 0.29) is 11.8 Å². The summed E-state index contributed by atoms with van der Waals surface area (Å²) in [5.74, 6) is -0.354. The number of hydrogen-bond acceptors (Lipinski definition) is 3. The zero-order valence-electron chi connectivity index (χ0n) is 10.7. The van der Waals surface area contributed by atoms with E-state index in [0.29, 0.717) is 6.42 Å². The van der Waals surface area contributed by atoms with Crippen LogP contribution in [0.25, 0.3) is 0 Å².